The molecule has 3 aromatic rings. The molecule has 0 atom stereocenters. The number of anilines is 1. The maximum absolute atomic E-state index is 12.7. The standard InChI is InChI=1S/C24H19NO6S/c1-30-23(26)19-11-13-22(14-12-19)32(28,29)25-21-8-4-6-18(16-21)10-9-17-5-3-7-20(15-17)24(27)31-2/h3-8,11-16,25H,1-2H3. The number of hydrogen-bond acceptors (Lipinski definition) is 6. The monoisotopic (exact) mass is 449 g/mol. The maximum Gasteiger partial charge on any atom is 0.337 e. The first-order valence-corrected chi connectivity index (χ1v) is 10.8. The lowest BCUT2D eigenvalue weighted by molar-refractivity contribution is 0.0592. The van der Waals surface area contributed by atoms with Gasteiger partial charge >= 0.3 is 11.9 Å². The highest BCUT2D eigenvalue weighted by molar-refractivity contribution is 7.92. The summed E-state index contributed by atoms with van der Waals surface area (Å²) in [6.07, 6.45) is 0. The molecule has 0 aliphatic carbocycles. The molecular weight excluding hydrogens is 430 g/mol. The van der Waals surface area contributed by atoms with E-state index in [1.54, 1.807) is 48.5 Å². The Morgan fingerprint density at radius 2 is 1.31 bits per heavy atom. The predicted octanol–water partition coefficient (Wildman–Crippen LogP) is 3.46. The second kappa shape index (κ2) is 9.81. The zero-order valence-electron chi connectivity index (χ0n) is 17.3. The third-order valence-corrected chi connectivity index (χ3v) is 5.73. The van der Waals surface area contributed by atoms with E-state index < -0.39 is 22.0 Å². The molecule has 0 saturated heterocycles. The molecule has 0 spiro atoms. The van der Waals surface area contributed by atoms with Crippen LogP contribution in [0.15, 0.2) is 77.7 Å². The van der Waals surface area contributed by atoms with Crippen LogP contribution in [-0.4, -0.2) is 34.6 Å². The Hall–Kier alpha value is -4.09. The number of ether oxygens (including phenoxy) is 2. The fourth-order valence-electron chi connectivity index (χ4n) is 2.75. The van der Waals surface area contributed by atoms with Gasteiger partial charge in [0.15, 0.2) is 0 Å². The van der Waals surface area contributed by atoms with E-state index in [4.69, 9.17) is 4.74 Å². The number of rotatable bonds is 5. The van der Waals surface area contributed by atoms with Gasteiger partial charge in [-0.1, -0.05) is 24.0 Å². The number of carbonyl (C=O) groups is 2. The molecule has 8 heteroatoms. The van der Waals surface area contributed by atoms with Crippen molar-refractivity contribution in [1.82, 2.24) is 0 Å². The van der Waals surface area contributed by atoms with Gasteiger partial charge in [0.1, 0.15) is 0 Å². The summed E-state index contributed by atoms with van der Waals surface area (Å²) in [4.78, 5) is 23.2. The molecule has 0 aliphatic heterocycles. The fraction of sp³-hybridized carbons (Fsp3) is 0.0833. The molecular formula is C24H19NO6S. The summed E-state index contributed by atoms with van der Waals surface area (Å²) in [6, 6.07) is 18.7. The number of methoxy groups -OCH3 is 2. The minimum atomic E-state index is -3.87. The van der Waals surface area contributed by atoms with Crippen molar-refractivity contribution in [2.75, 3.05) is 18.9 Å². The lowest BCUT2D eigenvalue weighted by Gasteiger charge is -2.09. The van der Waals surface area contributed by atoms with Gasteiger partial charge in [-0.05, 0) is 60.7 Å². The van der Waals surface area contributed by atoms with Crippen LogP contribution in [0.4, 0.5) is 5.69 Å². The Balaban J connectivity index is 1.79. The fourth-order valence-corrected chi connectivity index (χ4v) is 3.80. The first-order valence-electron chi connectivity index (χ1n) is 9.34. The molecule has 0 heterocycles. The van der Waals surface area contributed by atoms with Crippen molar-refractivity contribution in [2.45, 2.75) is 4.90 Å². The van der Waals surface area contributed by atoms with Gasteiger partial charge in [0.05, 0.1) is 35.9 Å². The summed E-state index contributed by atoms with van der Waals surface area (Å²) < 4.78 is 37.1. The molecule has 3 aromatic carbocycles. The van der Waals surface area contributed by atoms with Gasteiger partial charge in [-0.25, -0.2) is 18.0 Å². The summed E-state index contributed by atoms with van der Waals surface area (Å²) in [5, 5.41) is 0. The van der Waals surface area contributed by atoms with Crippen molar-refractivity contribution in [3.05, 3.63) is 95.1 Å². The van der Waals surface area contributed by atoms with Gasteiger partial charge in [-0.2, -0.15) is 0 Å². The van der Waals surface area contributed by atoms with E-state index in [9.17, 15) is 18.0 Å². The molecule has 7 nitrogen and oxygen atoms in total. The first-order chi connectivity index (χ1) is 15.3. The molecule has 3 rings (SSSR count). The minimum Gasteiger partial charge on any atom is -0.465 e. The third kappa shape index (κ3) is 5.53. The van der Waals surface area contributed by atoms with E-state index in [2.05, 4.69) is 21.3 Å². The number of nitrogens with one attached hydrogen (secondary N) is 1. The maximum atomic E-state index is 12.7. The van der Waals surface area contributed by atoms with Crippen LogP contribution in [0.3, 0.4) is 0 Å². The Labute approximate surface area is 186 Å². The Morgan fingerprint density at radius 1 is 0.750 bits per heavy atom. The SMILES string of the molecule is COC(=O)c1ccc(S(=O)(=O)Nc2cccc(C#Cc3cccc(C(=O)OC)c3)c2)cc1. The summed E-state index contributed by atoms with van der Waals surface area (Å²) in [5.41, 5.74) is 2.16. The molecule has 1 N–H and O–H groups in total. The quantitative estimate of drug-likeness (QED) is 0.473. The molecule has 0 saturated carbocycles. The summed E-state index contributed by atoms with van der Waals surface area (Å²) >= 11 is 0. The smallest absolute Gasteiger partial charge is 0.337 e. The average molecular weight is 449 g/mol. The normalized spacial score (nSPS) is 10.4. The predicted molar refractivity (Wildman–Crippen MR) is 119 cm³/mol. The lowest BCUT2D eigenvalue weighted by atomic mass is 10.1. The van der Waals surface area contributed by atoms with Crippen molar-refractivity contribution in [2.24, 2.45) is 0 Å². The zero-order chi connectivity index (χ0) is 23.1. The molecule has 0 bridgehead atoms. The largest absolute Gasteiger partial charge is 0.465 e. The van der Waals surface area contributed by atoms with Gasteiger partial charge in [0, 0.05) is 11.1 Å². The Morgan fingerprint density at radius 3 is 1.94 bits per heavy atom. The van der Waals surface area contributed by atoms with E-state index in [1.807, 2.05) is 0 Å². The summed E-state index contributed by atoms with van der Waals surface area (Å²) in [5.74, 6) is 4.89. The van der Waals surface area contributed by atoms with Crippen molar-refractivity contribution >= 4 is 27.6 Å². The van der Waals surface area contributed by atoms with Crippen LogP contribution < -0.4 is 4.72 Å². The lowest BCUT2D eigenvalue weighted by Crippen LogP contribution is -2.13. The minimum absolute atomic E-state index is 0.00117. The molecule has 0 amide bonds. The molecule has 32 heavy (non-hydrogen) atoms. The molecule has 0 aromatic heterocycles. The highest BCUT2D eigenvalue weighted by Crippen LogP contribution is 2.18. The van der Waals surface area contributed by atoms with E-state index in [0.29, 0.717) is 22.4 Å². The van der Waals surface area contributed by atoms with Crippen LogP contribution in [0.5, 0.6) is 0 Å². The molecule has 0 radical (unpaired) electrons. The van der Waals surface area contributed by atoms with Crippen LogP contribution in [0, 0.1) is 11.8 Å². The van der Waals surface area contributed by atoms with E-state index in [0.717, 1.165) is 0 Å². The number of sulfonamides is 1. The van der Waals surface area contributed by atoms with Crippen LogP contribution in [-0.2, 0) is 19.5 Å². The van der Waals surface area contributed by atoms with Crippen molar-refractivity contribution in [3.8, 4) is 11.8 Å². The van der Waals surface area contributed by atoms with Crippen LogP contribution in [0.25, 0.3) is 0 Å². The van der Waals surface area contributed by atoms with Crippen molar-refractivity contribution in [3.63, 3.8) is 0 Å². The van der Waals surface area contributed by atoms with Gasteiger partial charge in [0.25, 0.3) is 10.0 Å². The van der Waals surface area contributed by atoms with E-state index >= 15 is 0 Å². The van der Waals surface area contributed by atoms with Crippen LogP contribution >= 0.6 is 0 Å². The molecule has 0 aliphatic rings. The van der Waals surface area contributed by atoms with Gasteiger partial charge in [-0.15, -0.1) is 0 Å². The molecule has 162 valence electrons. The second-order valence-electron chi connectivity index (χ2n) is 6.52. The third-order valence-electron chi connectivity index (χ3n) is 4.34. The zero-order valence-corrected chi connectivity index (χ0v) is 18.1. The Bertz CT molecular complexity index is 1320. The Kier molecular flexibility index (Phi) is 6.93. The number of hydrogen-bond donors (Lipinski definition) is 1. The van der Waals surface area contributed by atoms with Gasteiger partial charge < -0.3 is 9.47 Å². The number of esters is 2. The van der Waals surface area contributed by atoms with Crippen molar-refractivity contribution in [1.29, 1.82) is 0 Å². The number of benzene rings is 3. The molecule has 0 unspecified atom stereocenters. The highest BCUT2D eigenvalue weighted by atomic mass is 32.2. The summed E-state index contributed by atoms with van der Waals surface area (Å²) in [6.45, 7) is 0. The average Bonchev–Trinajstić information content (AvgIpc) is 2.82. The van der Waals surface area contributed by atoms with Crippen LogP contribution in [0.1, 0.15) is 31.8 Å². The highest BCUT2D eigenvalue weighted by Gasteiger charge is 2.15. The van der Waals surface area contributed by atoms with Gasteiger partial charge in [0.2, 0.25) is 0 Å². The summed E-state index contributed by atoms with van der Waals surface area (Å²) in [7, 11) is -1.31. The van der Waals surface area contributed by atoms with Crippen molar-refractivity contribution < 1.29 is 27.5 Å². The first kappa shape index (κ1) is 22.6. The van der Waals surface area contributed by atoms with Gasteiger partial charge in [-0.3, -0.25) is 4.72 Å². The molecule has 0 fully saturated rings. The topological polar surface area (TPSA) is 98.8 Å². The van der Waals surface area contributed by atoms with E-state index in [-0.39, 0.29) is 10.5 Å². The van der Waals surface area contributed by atoms with Crippen LogP contribution in [0.2, 0.25) is 0 Å². The van der Waals surface area contributed by atoms with E-state index in [1.165, 1.54) is 38.5 Å². The second-order valence-corrected chi connectivity index (χ2v) is 8.21. The number of carbonyl (C=O) groups excluding carboxylic acids is 2.